The number of hydrogen-bond donors (Lipinski definition) is 2. The zero-order valence-electron chi connectivity index (χ0n) is 16.4. The number of hydrogen-bond acceptors (Lipinski definition) is 5. The maximum Gasteiger partial charge on any atom is 0.416 e. The molecule has 2 aromatic carbocycles. The van der Waals surface area contributed by atoms with Gasteiger partial charge in [-0.2, -0.15) is 13.2 Å². The summed E-state index contributed by atoms with van der Waals surface area (Å²) in [5, 5.41) is 9.46. The van der Waals surface area contributed by atoms with Crippen molar-refractivity contribution >= 4 is 46.6 Å². The van der Waals surface area contributed by atoms with E-state index < -0.39 is 28.8 Å². The van der Waals surface area contributed by atoms with Crippen LogP contribution in [0.1, 0.15) is 12.5 Å². The van der Waals surface area contributed by atoms with E-state index in [0.29, 0.717) is 16.0 Å². The molecule has 166 valence electrons. The predicted molar refractivity (Wildman–Crippen MR) is 115 cm³/mol. The van der Waals surface area contributed by atoms with Crippen molar-refractivity contribution in [2.45, 2.75) is 23.5 Å². The quantitative estimate of drug-likeness (QED) is 0.531. The Morgan fingerprint density at radius 1 is 1.22 bits per heavy atom. The first-order valence-corrected chi connectivity index (χ1v) is 10.5. The molecule has 0 bridgehead atoms. The zero-order chi connectivity index (χ0) is 23.0. The lowest BCUT2D eigenvalue weighted by Gasteiger charge is -2.31. The molecule has 2 amide bonds. The summed E-state index contributed by atoms with van der Waals surface area (Å²) in [6.45, 7) is 1.31. The number of nitrogens with zero attached hydrogens (tertiary/aromatic N) is 3. The van der Waals surface area contributed by atoms with Crippen LogP contribution < -0.4 is 10.2 Å². The number of halogens is 4. The number of nitrogens with one attached hydrogen (secondary N) is 2. The van der Waals surface area contributed by atoms with Gasteiger partial charge >= 0.3 is 6.18 Å². The molecule has 12 heteroatoms. The molecule has 2 heterocycles. The molecule has 0 aliphatic carbocycles. The number of aromatic nitrogens is 3. The highest BCUT2D eigenvalue weighted by Gasteiger charge is 2.35. The minimum absolute atomic E-state index is 0.0652. The van der Waals surface area contributed by atoms with Crippen LogP contribution in [-0.2, 0) is 15.8 Å². The molecule has 7 nitrogen and oxygen atoms in total. The number of fused-ring (bicyclic) bond motifs is 1. The fourth-order valence-corrected chi connectivity index (χ4v) is 4.04. The summed E-state index contributed by atoms with van der Waals surface area (Å²) in [7, 11) is 0. The highest BCUT2D eigenvalue weighted by molar-refractivity contribution is 8.00. The first kappa shape index (κ1) is 22.2. The predicted octanol–water partition coefficient (Wildman–Crippen LogP) is 4.61. The topological polar surface area (TPSA) is 91.0 Å². The Balaban J connectivity index is 1.52. The van der Waals surface area contributed by atoms with Crippen molar-refractivity contribution in [1.82, 2.24) is 15.2 Å². The third kappa shape index (κ3) is 4.58. The van der Waals surface area contributed by atoms with Gasteiger partial charge in [-0.15, -0.1) is 5.10 Å². The number of rotatable bonds is 4. The second-order valence-corrected chi connectivity index (χ2v) is 8.68. The van der Waals surface area contributed by atoms with Crippen LogP contribution in [0.5, 0.6) is 0 Å². The van der Waals surface area contributed by atoms with E-state index in [-0.39, 0.29) is 17.9 Å². The molecule has 1 aromatic heterocycles. The minimum Gasteiger partial charge on any atom is -0.323 e. The number of carbonyl (C=O) groups excluding carboxylic acids is 2. The van der Waals surface area contributed by atoms with Gasteiger partial charge in [0, 0.05) is 10.6 Å². The second kappa shape index (κ2) is 8.47. The summed E-state index contributed by atoms with van der Waals surface area (Å²) >= 11 is 6.95. The van der Waals surface area contributed by atoms with Gasteiger partial charge in [-0.1, -0.05) is 23.4 Å². The van der Waals surface area contributed by atoms with Crippen LogP contribution in [-0.4, -0.2) is 38.8 Å². The smallest absolute Gasteiger partial charge is 0.323 e. The van der Waals surface area contributed by atoms with Crippen LogP contribution in [0.15, 0.2) is 47.6 Å². The monoisotopic (exact) mass is 481 g/mol. The van der Waals surface area contributed by atoms with Crippen molar-refractivity contribution in [2.24, 2.45) is 0 Å². The third-order valence-corrected chi connectivity index (χ3v) is 5.87. The molecule has 0 saturated heterocycles. The van der Waals surface area contributed by atoms with E-state index in [4.69, 9.17) is 11.6 Å². The lowest BCUT2D eigenvalue weighted by molar-refractivity contribution is -0.137. The van der Waals surface area contributed by atoms with Crippen molar-refractivity contribution in [1.29, 1.82) is 0 Å². The molecular weight excluding hydrogens is 467 g/mol. The Bertz CT molecular complexity index is 1180. The molecule has 0 saturated carbocycles. The largest absolute Gasteiger partial charge is 0.416 e. The number of carbonyl (C=O) groups is 2. The van der Waals surface area contributed by atoms with Gasteiger partial charge in [-0.3, -0.25) is 19.6 Å². The van der Waals surface area contributed by atoms with E-state index in [1.807, 2.05) is 0 Å². The molecule has 0 spiro atoms. The van der Waals surface area contributed by atoms with E-state index in [1.54, 1.807) is 31.2 Å². The molecular formula is C20H15ClF3N5O2S. The fraction of sp³-hybridized carbons (Fsp3) is 0.200. The van der Waals surface area contributed by atoms with Crippen LogP contribution in [0.3, 0.4) is 0 Å². The van der Waals surface area contributed by atoms with E-state index in [1.165, 1.54) is 11.0 Å². The van der Waals surface area contributed by atoms with Gasteiger partial charge < -0.3 is 5.32 Å². The molecule has 0 fully saturated rings. The summed E-state index contributed by atoms with van der Waals surface area (Å²) in [5.74, 6) is -0.541. The normalized spacial score (nSPS) is 14.7. The first-order valence-electron chi connectivity index (χ1n) is 9.29. The van der Waals surface area contributed by atoms with Crippen LogP contribution in [0, 0.1) is 0 Å². The Morgan fingerprint density at radius 3 is 2.62 bits per heavy atom. The van der Waals surface area contributed by atoms with Crippen molar-refractivity contribution in [3.05, 3.63) is 53.1 Å². The summed E-state index contributed by atoms with van der Waals surface area (Å²) < 4.78 is 39.0. The van der Waals surface area contributed by atoms with Gasteiger partial charge in [-0.05, 0) is 49.4 Å². The number of benzene rings is 2. The molecule has 2 N–H and O–H groups in total. The molecule has 1 aliphatic rings. The van der Waals surface area contributed by atoms with E-state index in [0.717, 1.165) is 29.5 Å². The van der Waals surface area contributed by atoms with Gasteiger partial charge in [0.15, 0.2) is 5.82 Å². The lowest BCUT2D eigenvalue weighted by atomic mass is 10.1. The molecule has 0 unspecified atom stereocenters. The molecule has 4 rings (SSSR count). The molecule has 3 aromatic rings. The first-order chi connectivity index (χ1) is 15.1. The SMILES string of the molecule is C[C@H](Sc1n[nH]c(-c2ccc(Cl)cc2)n1)C(=O)N1CC(=O)Nc2cc(C(F)(F)F)ccc21. The van der Waals surface area contributed by atoms with Crippen LogP contribution in [0.4, 0.5) is 24.5 Å². The lowest BCUT2D eigenvalue weighted by Crippen LogP contribution is -2.45. The highest BCUT2D eigenvalue weighted by Crippen LogP contribution is 2.38. The summed E-state index contributed by atoms with van der Waals surface area (Å²) in [6.07, 6.45) is -4.57. The minimum atomic E-state index is -4.57. The average Bonchev–Trinajstić information content (AvgIpc) is 3.20. The molecule has 1 aliphatic heterocycles. The van der Waals surface area contributed by atoms with Gasteiger partial charge in [0.2, 0.25) is 17.0 Å². The van der Waals surface area contributed by atoms with Crippen molar-refractivity contribution in [2.75, 3.05) is 16.8 Å². The summed E-state index contributed by atoms with van der Waals surface area (Å²) in [6, 6.07) is 9.83. The maximum absolute atomic E-state index is 13.0. The Kier molecular flexibility index (Phi) is 5.87. The van der Waals surface area contributed by atoms with Crippen molar-refractivity contribution < 1.29 is 22.8 Å². The fourth-order valence-electron chi connectivity index (χ4n) is 3.13. The number of anilines is 2. The highest BCUT2D eigenvalue weighted by atomic mass is 35.5. The molecule has 1 atom stereocenters. The molecule has 32 heavy (non-hydrogen) atoms. The number of H-pyrrole nitrogens is 1. The number of alkyl halides is 3. The Labute approximate surface area is 189 Å². The number of aromatic amines is 1. The summed E-state index contributed by atoms with van der Waals surface area (Å²) in [5.41, 5.74) is -0.0185. The summed E-state index contributed by atoms with van der Waals surface area (Å²) in [4.78, 5) is 30.6. The standard InChI is InChI=1S/C20H15ClF3N5O2S/c1-10(32-19-26-17(27-28-19)11-2-5-13(21)6-3-11)18(31)29-9-16(30)25-14-8-12(20(22,23)24)4-7-15(14)29/h2-8,10H,9H2,1H3,(H,25,30)(H,26,27,28)/t10-/m0/s1. The van der Waals surface area contributed by atoms with Gasteiger partial charge in [0.25, 0.3) is 0 Å². The number of amides is 2. The van der Waals surface area contributed by atoms with Crippen molar-refractivity contribution in [3.63, 3.8) is 0 Å². The zero-order valence-corrected chi connectivity index (χ0v) is 18.0. The van der Waals surface area contributed by atoms with Gasteiger partial charge in [0.1, 0.15) is 6.54 Å². The number of thioether (sulfide) groups is 1. The van der Waals surface area contributed by atoms with Gasteiger partial charge in [0.05, 0.1) is 22.2 Å². The van der Waals surface area contributed by atoms with E-state index in [2.05, 4.69) is 20.5 Å². The van der Waals surface area contributed by atoms with Gasteiger partial charge in [-0.25, -0.2) is 4.98 Å². The van der Waals surface area contributed by atoms with Crippen molar-refractivity contribution in [3.8, 4) is 11.4 Å². The average molecular weight is 482 g/mol. The van der Waals surface area contributed by atoms with Crippen LogP contribution in [0.25, 0.3) is 11.4 Å². The Morgan fingerprint density at radius 2 is 1.94 bits per heavy atom. The maximum atomic E-state index is 13.0. The second-order valence-electron chi connectivity index (χ2n) is 6.94. The van der Waals surface area contributed by atoms with E-state index in [9.17, 15) is 22.8 Å². The third-order valence-electron chi connectivity index (χ3n) is 4.67. The van der Waals surface area contributed by atoms with Crippen LogP contribution in [0.2, 0.25) is 5.02 Å². The van der Waals surface area contributed by atoms with E-state index >= 15 is 0 Å². The Hall–Kier alpha value is -3.05. The van der Waals surface area contributed by atoms with Crippen LogP contribution >= 0.6 is 23.4 Å². The molecule has 0 radical (unpaired) electrons.